The molecule has 2 aromatic rings. The van der Waals surface area contributed by atoms with E-state index in [4.69, 9.17) is 11.0 Å². The maximum Gasteiger partial charge on any atom is 0.0992 e. The Morgan fingerprint density at radius 1 is 1.18 bits per heavy atom. The van der Waals surface area contributed by atoms with Crippen molar-refractivity contribution in [3.63, 3.8) is 0 Å². The Morgan fingerprint density at radius 2 is 2.00 bits per heavy atom. The van der Waals surface area contributed by atoms with E-state index < -0.39 is 0 Å². The number of benzene rings is 2. The van der Waals surface area contributed by atoms with Gasteiger partial charge in [-0.25, -0.2) is 0 Å². The normalized spacial score (nSPS) is 9.65. The van der Waals surface area contributed by atoms with Crippen LogP contribution in [0.5, 0.6) is 0 Å². The second-order valence-corrected chi connectivity index (χ2v) is 4.79. The number of hydrogen-bond donors (Lipinski definition) is 2. The number of nitrogens with one attached hydrogen (secondary N) is 1. The third kappa shape index (κ3) is 2.88. The number of rotatable bonds is 2. The third-order valence-electron chi connectivity index (χ3n) is 2.28. The summed E-state index contributed by atoms with van der Waals surface area (Å²) in [6, 6.07) is 15.2. The van der Waals surface area contributed by atoms with Crippen LogP contribution in [-0.2, 0) is 0 Å². The van der Waals surface area contributed by atoms with Crippen LogP contribution in [0.15, 0.2) is 42.5 Å². The summed E-state index contributed by atoms with van der Waals surface area (Å²) >= 11 is 2.21. The highest BCUT2D eigenvalue weighted by molar-refractivity contribution is 14.1. The first-order valence-electron chi connectivity index (χ1n) is 5.01. The molecule has 0 saturated heterocycles. The number of halogens is 1. The van der Waals surface area contributed by atoms with Crippen LogP contribution < -0.4 is 11.1 Å². The average Bonchev–Trinajstić information content (AvgIpc) is 2.33. The molecule has 0 fully saturated rings. The van der Waals surface area contributed by atoms with Gasteiger partial charge in [0.1, 0.15) is 0 Å². The molecular weight excluding hydrogens is 325 g/mol. The van der Waals surface area contributed by atoms with E-state index >= 15 is 0 Å². The molecule has 3 N–H and O–H groups in total. The van der Waals surface area contributed by atoms with Gasteiger partial charge >= 0.3 is 0 Å². The van der Waals surface area contributed by atoms with Gasteiger partial charge in [-0.3, -0.25) is 0 Å². The lowest BCUT2D eigenvalue weighted by atomic mass is 10.2. The van der Waals surface area contributed by atoms with Crippen molar-refractivity contribution in [2.45, 2.75) is 0 Å². The molecule has 0 bridgehead atoms. The quantitative estimate of drug-likeness (QED) is 0.652. The molecule has 2 rings (SSSR count). The van der Waals surface area contributed by atoms with E-state index in [1.807, 2.05) is 30.3 Å². The summed E-state index contributed by atoms with van der Waals surface area (Å²) < 4.78 is 1.09. The van der Waals surface area contributed by atoms with Crippen LogP contribution >= 0.6 is 22.6 Å². The Morgan fingerprint density at radius 3 is 2.71 bits per heavy atom. The Hall–Kier alpha value is -1.74. The van der Waals surface area contributed by atoms with Crippen LogP contribution in [0.25, 0.3) is 0 Å². The van der Waals surface area contributed by atoms with E-state index in [2.05, 4.69) is 34.0 Å². The summed E-state index contributed by atoms with van der Waals surface area (Å²) in [6.45, 7) is 0. The molecule has 0 aliphatic rings. The Bertz CT molecular complexity index is 587. The van der Waals surface area contributed by atoms with Gasteiger partial charge in [0, 0.05) is 9.26 Å². The van der Waals surface area contributed by atoms with Crippen LogP contribution in [0.1, 0.15) is 5.56 Å². The predicted octanol–water partition coefficient (Wildman–Crippen LogP) is 3.49. The molecule has 0 atom stereocenters. The Labute approximate surface area is 113 Å². The fraction of sp³-hybridized carbons (Fsp3) is 0. The first-order valence-corrected chi connectivity index (χ1v) is 6.09. The molecule has 0 aliphatic heterocycles. The third-order valence-corrected chi connectivity index (χ3v) is 2.96. The molecule has 3 nitrogen and oxygen atoms in total. The van der Waals surface area contributed by atoms with E-state index in [0.29, 0.717) is 11.3 Å². The molecule has 0 radical (unpaired) electrons. The number of hydrogen-bond acceptors (Lipinski definition) is 3. The van der Waals surface area contributed by atoms with Crippen LogP contribution in [0.4, 0.5) is 17.1 Å². The van der Waals surface area contributed by atoms with E-state index in [0.717, 1.165) is 14.9 Å². The summed E-state index contributed by atoms with van der Waals surface area (Å²) in [7, 11) is 0. The maximum absolute atomic E-state index is 8.82. The molecule has 2 aromatic carbocycles. The zero-order valence-corrected chi connectivity index (χ0v) is 11.1. The number of nitrogens with zero attached hydrogens (tertiary/aromatic N) is 1. The van der Waals surface area contributed by atoms with Gasteiger partial charge in [-0.1, -0.05) is 6.07 Å². The van der Waals surface area contributed by atoms with Crippen molar-refractivity contribution in [3.8, 4) is 6.07 Å². The largest absolute Gasteiger partial charge is 0.397 e. The minimum atomic E-state index is 0.624. The first-order chi connectivity index (χ1) is 8.19. The topological polar surface area (TPSA) is 61.8 Å². The summed E-state index contributed by atoms with van der Waals surface area (Å²) in [5, 5.41) is 12.0. The van der Waals surface area contributed by atoms with Crippen molar-refractivity contribution < 1.29 is 0 Å². The van der Waals surface area contributed by atoms with Crippen LogP contribution in [0.3, 0.4) is 0 Å². The summed E-state index contributed by atoms with van der Waals surface area (Å²) in [6.07, 6.45) is 0. The molecule has 0 spiro atoms. The molecular formula is C13H10IN3. The highest BCUT2D eigenvalue weighted by Crippen LogP contribution is 2.25. The molecule has 0 aliphatic carbocycles. The van der Waals surface area contributed by atoms with Gasteiger partial charge in [0.2, 0.25) is 0 Å². The van der Waals surface area contributed by atoms with Crippen molar-refractivity contribution in [3.05, 3.63) is 51.6 Å². The van der Waals surface area contributed by atoms with E-state index in [1.54, 1.807) is 12.1 Å². The monoisotopic (exact) mass is 335 g/mol. The van der Waals surface area contributed by atoms with Crippen LogP contribution in [0, 0.1) is 14.9 Å². The summed E-state index contributed by atoms with van der Waals surface area (Å²) in [5.41, 5.74) is 8.93. The maximum atomic E-state index is 8.82. The number of nitriles is 1. The molecule has 0 heterocycles. The Kier molecular flexibility index (Phi) is 3.49. The number of anilines is 3. The van der Waals surface area contributed by atoms with Crippen molar-refractivity contribution in [1.29, 1.82) is 5.26 Å². The lowest BCUT2D eigenvalue weighted by Gasteiger charge is -2.09. The Balaban J connectivity index is 2.28. The van der Waals surface area contributed by atoms with Crippen LogP contribution in [0.2, 0.25) is 0 Å². The molecule has 0 amide bonds. The lowest BCUT2D eigenvalue weighted by Crippen LogP contribution is -1.96. The molecule has 17 heavy (non-hydrogen) atoms. The van der Waals surface area contributed by atoms with Gasteiger partial charge < -0.3 is 11.1 Å². The standard InChI is InChI=1S/C13H10IN3/c14-10-4-5-13(12(16)7-10)17-11-3-1-2-9(6-11)8-15/h1-7,17H,16H2. The van der Waals surface area contributed by atoms with E-state index in [-0.39, 0.29) is 0 Å². The van der Waals surface area contributed by atoms with Gasteiger partial charge in [0.25, 0.3) is 0 Å². The summed E-state index contributed by atoms with van der Waals surface area (Å²) in [5.74, 6) is 0. The van der Waals surface area contributed by atoms with Crippen molar-refractivity contribution in [2.24, 2.45) is 0 Å². The smallest absolute Gasteiger partial charge is 0.0992 e. The van der Waals surface area contributed by atoms with Gasteiger partial charge in [-0.2, -0.15) is 5.26 Å². The molecule has 84 valence electrons. The highest BCUT2D eigenvalue weighted by atomic mass is 127. The van der Waals surface area contributed by atoms with E-state index in [1.165, 1.54) is 0 Å². The van der Waals surface area contributed by atoms with Gasteiger partial charge in [0.05, 0.1) is 23.0 Å². The zero-order chi connectivity index (χ0) is 12.3. The SMILES string of the molecule is N#Cc1cccc(Nc2ccc(I)cc2N)c1. The van der Waals surface area contributed by atoms with Gasteiger partial charge in [-0.15, -0.1) is 0 Å². The molecule has 0 unspecified atom stereocenters. The second kappa shape index (κ2) is 5.06. The minimum Gasteiger partial charge on any atom is -0.397 e. The number of nitrogens with two attached hydrogens (primary N) is 1. The molecule has 4 heteroatoms. The van der Waals surface area contributed by atoms with Crippen LogP contribution in [-0.4, -0.2) is 0 Å². The highest BCUT2D eigenvalue weighted by Gasteiger charge is 2.01. The van der Waals surface area contributed by atoms with E-state index in [9.17, 15) is 0 Å². The summed E-state index contributed by atoms with van der Waals surface area (Å²) in [4.78, 5) is 0. The fourth-order valence-electron chi connectivity index (χ4n) is 1.47. The average molecular weight is 335 g/mol. The lowest BCUT2D eigenvalue weighted by molar-refractivity contribution is 1.47. The second-order valence-electron chi connectivity index (χ2n) is 3.55. The molecule has 0 saturated carbocycles. The van der Waals surface area contributed by atoms with Crippen molar-refractivity contribution in [2.75, 3.05) is 11.1 Å². The zero-order valence-electron chi connectivity index (χ0n) is 8.94. The molecule has 0 aromatic heterocycles. The fourth-order valence-corrected chi connectivity index (χ4v) is 1.98. The number of nitrogen functional groups attached to an aromatic ring is 1. The minimum absolute atomic E-state index is 0.624. The van der Waals surface area contributed by atoms with Gasteiger partial charge in [0.15, 0.2) is 0 Å². The van der Waals surface area contributed by atoms with Crippen molar-refractivity contribution >= 4 is 39.7 Å². The predicted molar refractivity (Wildman–Crippen MR) is 78.0 cm³/mol. The first kappa shape index (κ1) is 11.7. The van der Waals surface area contributed by atoms with Gasteiger partial charge in [-0.05, 0) is 59.0 Å². The van der Waals surface area contributed by atoms with Crippen molar-refractivity contribution in [1.82, 2.24) is 0 Å².